The lowest BCUT2D eigenvalue weighted by Crippen LogP contribution is -2.12. The molecule has 3 aromatic rings. The summed E-state index contributed by atoms with van der Waals surface area (Å²) in [6.45, 7) is 0. The lowest BCUT2D eigenvalue weighted by Gasteiger charge is -2.14. The average molecular weight is 426 g/mol. The van der Waals surface area contributed by atoms with Crippen molar-refractivity contribution in [2.45, 2.75) is 19.3 Å². The molecule has 1 aliphatic rings. The Morgan fingerprint density at radius 1 is 1.03 bits per heavy atom. The van der Waals surface area contributed by atoms with Crippen LogP contribution in [0.2, 0.25) is 0 Å². The SMILES string of the molecule is COc1cc2oc3c(c2cc1OC)/C(=N\Nc1ccc([N+](=O)[O-])cc1[N+](=O)[O-])CCC3. The quantitative estimate of drug-likeness (QED) is 0.451. The van der Waals surface area contributed by atoms with Crippen molar-refractivity contribution in [1.29, 1.82) is 0 Å². The third-order valence-corrected chi connectivity index (χ3v) is 5.07. The molecular formula is C20H18N4O7. The van der Waals surface area contributed by atoms with Crippen LogP contribution in [-0.4, -0.2) is 29.8 Å². The monoisotopic (exact) mass is 426 g/mol. The molecule has 1 N–H and O–H groups in total. The van der Waals surface area contributed by atoms with Gasteiger partial charge in [-0.25, -0.2) is 0 Å². The van der Waals surface area contributed by atoms with Gasteiger partial charge >= 0.3 is 5.69 Å². The summed E-state index contributed by atoms with van der Waals surface area (Å²) in [4.78, 5) is 20.9. The number of methoxy groups -OCH3 is 2. The van der Waals surface area contributed by atoms with Gasteiger partial charge in [-0.3, -0.25) is 25.7 Å². The Hall–Kier alpha value is -4.15. The standard InChI is InChI=1S/C20H18N4O7/c1-29-18-9-12-17(10-19(18)30-2)31-16-5-3-4-14(20(12)16)22-21-13-7-6-11(23(25)26)8-15(13)24(27)28/h6-10,21H,3-5H2,1-2H3/b22-14-. The summed E-state index contributed by atoms with van der Waals surface area (Å²) >= 11 is 0. The number of hydrogen-bond acceptors (Lipinski definition) is 9. The Kier molecular flexibility index (Phi) is 5.15. The van der Waals surface area contributed by atoms with E-state index in [1.165, 1.54) is 12.1 Å². The lowest BCUT2D eigenvalue weighted by molar-refractivity contribution is -0.393. The molecule has 0 unspecified atom stereocenters. The minimum absolute atomic E-state index is 0.0577. The number of rotatable bonds is 6. The first-order valence-corrected chi connectivity index (χ1v) is 9.36. The molecule has 0 spiro atoms. The van der Waals surface area contributed by atoms with Gasteiger partial charge in [0.25, 0.3) is 5.69 Å². The molecule has 31 heavy (non-hydrogen) atoms. The van der Waals surface area contributed by atoms with Gasteiger partial charge in [0.2, 0.25) is 0 Å². The van der Waals surface area contributed by atoms with Gasteiger partial charge in [-0.2, -0.15) is 5.10 Å². The van der Waals surface area contributed by atoms with Crippen LogP contribution in [0.1, 0.15) is 24.2 Å². The number of nitro benzene ring substituents is 2. The molecule has 11 nitrogen and oxygen atoms in total. The average Bonchev–Trinajstić information content (AvgIpc) is 3.14. The van der Waals surface area contributed by atoms with Gasteiger partial charge in [0, 0.05) is 29.5 Å². The van der Waals surface area contributed by atoms with Crippen molar-refractivity contribution in [3.8, 4) is 11.5 Å². The first-order valence-electron chi connectivity index (χ1n) is 9.36. The number of hydrogen-bond donors (Lipinski definition) is 1. The highest BCUT2D eigenvalue weighted by Crippen LogP contribution is 2.39. The van der Waals surface area contributed by atoms with E-state index >= 15 is 0 Å². The Morgan fingerprint density at radius 2 is 1.77 bits per heavy atom. The van der Waals surface area contributed by atoms with Crippen LogP contribution in [0, 0.1) is 20.2 Å². The molecule has 0 fully saturated rings. The number of nitrogens with zero attached hydrogens (tertiary/aromatic N) is 3. The van der Waals surface area contributed by atoms with Crippen molar-refractivity contribution in [3.05, 3.63) is 61.9 Å². The summed E-state index contributed by atoms with van der Waals surface area (Å²) in [7, 11) is 3.08. The normalized spacial score (nSPS) is 14.3. The predicted molar refractivity (Wildman–Crippen MR) is 112 cm³/mol. The molecule has 0 aliphatic heterocycles. The molecule has 2 aromatic carbocycles. The van der Waals surface area contributed by atoms with Crippen LogP contribution in [0.25, 0.3) is 11.0 Å². The fourth-order valence-corrected chi connectivity index (χ4v) is 3.63. The molecule has 4 rings (SSSR count). The topological polar surface area (TPSA) is 142 Å². The highest BCUT2D eigenvalue weighted by atomic mass is 16.6. The molecule has 0 saturated heterocycles. The van der Waals surface area contributed by atoms with Gasteiger partial charge in [-0.05, 0) is 25.0 Å². The second-order valence-electron chi connectivity index (χ2n) is 6.84. The van der Waals surface area contributed by atoms with E-state index in [1.807, 2.05) is 6.07 Å². The Morgan fingerprint density at radius 3 is 2.45 bits per heavy atom. The van der Waals surface area contributed by atoms with E-state index in [0.29, 0.717) is 29.2 Å². The predicted octanol–water partition coefficient (Wildman–Crippen LogP) is 4.42. The maximum atomic E-state index is 11.4. The zero-order chi connectivity index (χ0) is 22.1. The number of hydrazone groups is 1. The molecule has 0 amide bonds. The third-order valence-electron chi connectivity index (χ3n) is 5.07. The number of nitrogens with one attached hydrogen (secondary N) is 1. The Labute approximate surface area is 175 Å². The number of non-ortho nitro benzene ring substituents is 1. The van der Waals surface area contributed by atoms with Crippen molar-refractivity contribution in [2.24, 2.45) is 5.10 Å². The summed E-state index contributed by atoms with van der Waals surface area (Å²) in [5.41, 5.74) is 4.05. The van der Waals surface area contributed by atoms with Crippen LogP contribution >= 0.6 is 0 Å². The zero-order valence-corrected chi connectivity index (χ0v) is 16.7. The summed E-state index contributed by atoms with van der Waals surface area (Å²) in [6.07, 6.45) is 2.15. The van der Waals surface area contributed by atoms with E-state index in [4.69, 9.17) is 13.9 Å². The zero-order valence-electron chi connectivity index (χ0n) is 16.7. The lowest BCUT2D eigenvalue weighted by atomic mass is 9.94. The molecule has 0 bridgehead atoms. The summed E-state index contributed by atoms with van der Waals surface area (Å²) in [5, 5.41) is 27.5. The summed E-state index contributed by atoms with van der Waals surface area (Å²) in [5.74, 6) is 1.84. The number of anilines is 1. The van der Waals surface area contributed by atoms with Gasteiger partial charge in [0.05, 0.1) is 35.8 Å². The minimum atomic E-state index is -0.688. The molecular weight excluding hydrogens is 408 g/mol. The van der Waals surface area contributed by atoms with Crippen molar-refractivity contribution < 1.29 is 23.7 Å². The highest BCUT2D eigenvalue weighted by molar-refractivity contribution is 6.12. The number of furan rings is 1. The number of benzene rings is 2. The minimum Gasteiger partial charge on any atom is -0.493 e. The van der Waals surface area contributed by atoms with Crippen molar-refractivity contribution >= 4 is 33.7 Å². The fourth-order valence-electron chi connectivity index (χ4n) is 3.63. The summed E-state index contributed by atoms with van der Waals surface area (Å²) in [6, 6.07) is 6.92. The van der Waals surface area contributed by atoms with E-state index in [0.717, 1.165) is 35.6 Å². The van der Waals surface area contributed by atoms with Gasteiger partial charge < -0.3 is 13.9 Å². The van der Waals surface area contributed by atoms with Gasteiger partial charge in [-0.15, -0.1) is 0 Å². The van der Waals surface area contributed by atoms with Crippen LogP contribution in [0.4, 0.5) is 17.1 Å². The molecule has 160 valence electrons. The number of fused-ring (bicyclic) bond motifs is 3. The molecule has 1 aliphatic carbocycles. The van der Waals surface area contributed by atoms with Crippen LogP contribution in [0.3, 0.4) is 0 Å². The fraction of sp³-hybridized carbons (Fsp3) is 0.250. The summed E-state index contributed by atoms with van der Waals surface area (Å²) < 4.78 is 16.7. The number of aryl methyl sites for hydroxylation is 1. The van der Waals surface area contributed by atoms with Gasteiger partial charge in [-0.1, -0.05) is 0 Å². The van der Waals surface area contributed by atoms with E-state index in [-0.39, 0.29) is 11.4 Å². The molecule has 0 atom stereocenters. The first kappa shape index (κ1) is 20.1. The van der Waals surface area contributed by atoms with E-state index in [9.17, 15) is 20.2 Å². The maximum Gasteiger partial charge on any atom is 0.301 e. The Bertz CT molecular complexity index is 1230. The molecule has 11 heteroatoms. The second-order valence-corrected chi connectivity index (χ2v) is 6.84. The second kappa shape index (κ2) is 7.94. The van der Waals surface area contributed by atoms with E-state index in [2.05, 4.69) is 10.5 Å². The van der Waals surface area contributed by atoms with Crippen LogP contribution < -0.4 is 14.9 Å². The van der Waals surface area contributed by atoms with E-state index in [1.54, 1.807) is 20.3 Å². The first-order chi connectivity index (χ1) is 14.9. The van der Waals surface area contributed by atoms with Crippen LogP contribution in [0.5, 0.6) is 11.5 Å². The Balaban J connectivity index is 1.76. The maximum absolute atomic E-state index is 11.4. The smallest absolute Gasteiger partial charge is 0.301 e. The van der Waals surface area contributed by atoms with Gasteiger partial charge in [0.15, 0.2) is 11.5 Å². The molecule has 0 saturated carbocycles. The largest absolute Gasteiger partial charge is 0.493 e. The molecule has 0 radical (unpaired) electrons. The van der Waals surface area contributed by atoms with Crippen LogP contribution in [0.15, 0.2) is 39.9 Å². The van der Waals surface area contributed by atoms with Crippen LogP contribution in [-0.2, 0) is 6.42 Å². The highest BCUT2D eigenvalue weighted by Gasteiger charge is 2.26. The van der Waals surface area contributed by atoms with Gasteiger partial charge in [0.1, 0.15) is 17.0 Å². The molecule has 1 heterocycles. The number of nitro groups is 2. The van der Waals surface area contributed by atoms with E-state index < -0.39 is 15.5 Å². The molecule has 1 aromatic heterocycles. The van der Waals surface area contributed by atoms with Crippen molar-refractivity contribution in [2.75, 3.05) is 19.6 Å². The third kappa shape index (κ3) is 3.61. The van der Waals surface area contributed by atoms with Crippen molar-refractivity contribution in [1.82, 2.24) is 0 Å². The number of ether oxygens (including phenoxy) is 2. The van der Waals surface area contributed by atoms with Crippen molar-refractivity contribution in [3.63, 3.8) is 0 Å².